The Hall–Kier alpha value is -1.24. The minimum Gasteiger partial charge on any atom is -0.494 e. The molecule has 1 nitrogen and oxygen atoms in total. The lowest BCUT2D eigenvalue weighted by atomic mass is 10.2. The predicted octanol–water partition coefficient (Wildman–Crippen LogP) is 3.23. The van der Waals surface area contributed by atoms with E-state index in [1.165, 1.54) is 0 Å². The lowest BCUT2D eigenvalue weighted by Crippen LogP contribution is -1.90. The molecule has 0 spiro atoms. The van der Waals surface area contributed by atoms with Gasteiger partial charge < -0.3 is 4.74 Å². The SMILES string of the molecule is C=C/C=C\C(C)=C(/C=C)OCC. The van der Waals surface area contributed by atoms with Crippen LogP contribution in [-0.2, 0) is 4.74 Å². The molecule has 12 heavy (non-hydrogen) atoms. The van der Waals surface area contributed by atoms with Crippen LogP contribution >= 0.6 is 0 Å². The van der Waals surface area contributed by atoms with Gasteiger partial charge in [-0.05, 0) is 25.5 Å². The van der Waals surface area contributed by atoms with E-state index >= 15 is 0 Å². The van der Waals surface area contributed by atoms with E-state index in [-0.39, 0.29) is 0 Å². The van der Waals surface area contributed by atoms with Crippen LogP contribution in [0.1, 0.15) is 13.8 Å². The van der Waals surface area contributed by atoms with Gasteiger partial charge in [0.15, 0.2) is 0 Å². The van der Waals surface area contributed by atoms with E-state index in [4.69, 9.17) is 4.74 Å². The summed E-state index contributed by atoms with van der Waals surface area (Å²) in [5.74, 6) is 0.829. The highest BCUT2D eigenvalue weighted by molar-refractivity contribution is 5.27. The van der Waals surface area contributed by atoms with Crippen molar-refractivity contribution in [3.8, 4) is 0 Å². The first-order chi connectivity index (χ1) is 5.76. The second-order valence-electron chi connectivity index (χ2n) is 2.28. The van der Waals surface area contributed by atoms with Gasteiger partial charge in [-0.3, -0.25) is 0 Å². The van der Waals surface area contributed by atoms with Gasteiger partial charge in [0.2, 0.25) is 0 Å². The van der Waals surface area contributed by atoms with Crippen LogP contribution in [0, 0.1) is 0 Å². The van der Waals surface area contributed by atoms with Crippen molar-refractivity contribution in [2.45, 2.75) is 13.8 Å². The zero-order valence-electron chi connectivity index (χ0n) is 7.84. The lowest BCUT2D eigenvalue weighted by molar-refractivity contribution is 0.240. The van der Waals surface area contributed by atoms with Gasteiger partial charge in [0.05, 0.1) is 6.61 Å². The Labute approximate surface area is 74.7 Å². The summed E-state index contributed by atoms with van der Waals surface area (Å²) in [5, 5.41) is 0. The molecule has 0 aromatic heterocycles. The van der Waals surface area contributed by atoms with E-state index < -0.39 is 0 Å². The van der Waals surface area contributed by atoms with Crippen LogP contribution < -0.4 is 0 Å². The summed E-state index contributed by atoms with van der Waals surface area (Å²) >= 11 is 0. The summed E-state index contributed by atoms with van der Waals surface area (Å²) in [6.07, 6.45) is 7.26. The van der Waals surface area contributed by atoms with E-state index in [1.807, 2.05) is 26.0 Å². The molecule has 0 unspecified atom stereocenters. The average Bonchev–Trinajstić information content (AvgIpc) is 2.10. The Balaban J connectivity index is 4.46. The summed E-state index contributed by atoms with van der Waals surface area (Å²) in [5.41, 5.74) is 1.06. The molecule has 1 heteroatoms. The molecule has 0 saturated carbocycles. The van der Waals surface area contributed by atoms with Gasteiger partial charge in [-0.2, -0.15) is 0 Å². The lowest BCUT2D eigenvalue weighted by Gasteiger charge is -2.05. The molecule has 0 heterocycles. The minimum absolute atomic E-state index is 0.667. The Morgan fingerprint density at radius 1 is 1.42 bits per heavy atom. The van der Waals surface area contributed by atoms with Crippen LogP contribution in [-0.4, -0.2) is 6.61 Å². The summed E-state index contributed by atoms with van der Waals surface area (Å²) in [6.45, 7) is 11.9. The van der Waals surface area contributed by atoms with Crippen molar-refractivity contribution in [3.05, 3.63) is 48.8 Å². The second-order valence-corrected chi connectivity index (χ2v) is 2.28. The number of ether oxygens (including phenoxy) is 1. The van der Waals surface area contributed by atoms with Crippen molar-refractivity contribution in [1.29, 1.82) is 0 Å². The Morgan fingerprint density at radius 3 is 2.50 bits per heavy atom. The third-order valence-corrected chi connectivity index (χ3v) is 1.36. The molecule has 0 bridgehead atoms. The van der Waals surface area contributed by atoms with Crippen LogP contribution in [0.3, 0.4) is 0 Å². The van der Waals surface area contributed by atoms with Gasteiger partial charge in [0.25, 0.3) is 0 Å². The predicted molar refractivity (Wildman–Crippen MR) is 53.9 cm³/mol. The maximum atomic E-state index is 5.33. The van der Waals surface area contributed by atoms with Crippen molar-refractivity contribution in [1.82, 2.24) is 0 Å². The van der Waals surface area contributed by atoms with Crippen molar-refractivity contribution < 1.29 is 4.74 Å². The van der Waals surface area contributed by atoms with E-state index in [1.54, 1.807) is 12.2 Å². The molecule has 0 aromatic rings. The molecule has 0 radical (unpaired) electrons. The standard InChI is InChI=1S/C11H16O/c1-5-8-9-10(4)11(6-2)12-7-3/h5-6,8-9H,1-2,7H2,3-4H3/b9-8-,11-10+. The summed E-state index contributed by atoms with van der Waals surface area (Å²) in [7, 11) is 0. The topological polar surface area (TPSA) is 9.23 Å². The average molecular weight is 164 g/mol. The molecule has 0 atom stereocenters. The Kier molecular flexibility index (Phi) is 5.80. The largest absolute Gasteiger partial charge is 0.494 e. The van der Waals surface area contributed by atoms with E-state index in [0.29, 0.717) is 6.61 Å². The molecular formula is C11H16O. The van der Waals surface area contributed by atoms with Crippen molar-refractivity contribution in [3.63, 3.8) is 0 Å². The van der Waals surface area contributed by atoms with Crippen LogP contribution in [0.5, 0.6) is 0 Å². The molecule has 0 amide bonds. The van der Waals surface area contributed by atoms with E-state index in [9.17, 15) is 0 Å². The molecule has 0 aliphatic rings. The van der Waals surface area contributed by atoms with Crippen molar-refractivity contribution in [2.24, 2.45) is 0 Å². The zero-order valence-corrected chi connectivity index (χ0v) is 7.84. The maximum absolute atomic E-state index is 5.33. The fourth-order valence-corrected chi connectivity index (χ4v) is 0.784. The van der Waals surface area contributed by atoms with Crippen molar-refractivity contribution >= 4 is 0 Å². The third-order valence-electron chi connectivity index (χ3n) is 1.36. The first kappa shape index (κ1) is 10.8. The summed E-state index contributed by atoms with van der Waals surface area (Å²) < 4.78 is 5.33. The van der Waals surface area contributed by atoms with Crippen LogP contribution in [0.2, 0.25) is 0 Å². The van der Waals surface area contributed by atoms with Gasteiger partial charge in [-0.25, -0.2) is 0 Å². The maximum Gasteiger partial charge on any atom is 0.121 e. The number of hydrogen-bond acceptors (Lipinski definition) is 1. The van der Waals surface area contributed by atoms with Crippen LogP contribution in [0.25, 0.3) is 0 Å². The number of hydrogen-bond donors (Lipinski definition) is 0. The van der Waals surface area contributed by atoms with Gasteiger partial charge in [0, 0.05) is 0 Å². The van der Waals surface area contributed by atoms with Gasteiger partial charge in [0.1, 0.15) is 5.76 Å². The van der Waals surface area contributed by atoms with Gasteiger partial charge in [-0.1, -0.05) is 31.4 Å². The van der Waals surface area contributed by atoms with Gasteiger partial charge in [-0.15, -0.1) is 0 Å². The summed E-state index contributed by atoms with van der Waals surface area (Å²) in [6, 6.07) is 0. The van der Waals surface area contributed by atoms with Crippen LogP contribution in [0.4, 0.5) is 0 Å². The highest BCUT2D eigenvalue weighted by Crippen LogP contribution is 2.08. The minimum atomic E-state index is 0.667. The molecule has 0 aliphatic carbocycles. The summed E-state index contributed by atoms with van der Waals surface area (Å²) in [4.78, 5) is 0. The van der Waals surface area contributed by atoms with Crippen LogP contribution in [0.15, 0.2) is 48.8 Å². The quantitative estimate of drug-likeness (QED) is 0.448. The molecule has 66 valence electrons. The normalized spacial score (nSPS) is 12.5. The first-order valence-corrected chi connectivity index (χ1v) is 4.01. The first-order valence-electron chi connectivity index (χ1n) is 4.01. The molecule has 0 fully saturated rings. The van der Waals surface area contributed by atoms with Gasteiger partial charge >= 0.3 is 0 Å². The highest BCUT2D eigenvalue weighted by atomic mass is 16.5. The van der Waals surface area contributed by atoms with E-state index in [2.05, 4.69) is 13.2 Å². The number of allylic oxidation sites excluding steroid dienone is 5. The van der Waals surface area contributed by atoms with E-state index in [0.717, 1.165) is 11.3 Å². The smallest absolute Gasteiger partial charge is 0.121 e. The molecule has 0 rings (SSSR count). The fourth-order valence-electron chi connectivity index (χ4n) is 0.784. The molecule has 0 N–H and O–H groups in total. The second kappa shape index (κ2) is 6.47. The Morgan fingerprint density at radius 2 is 2.08 bits per heavy atom. The molecular weight excluding hydrogens is 148 g/mol. The zero-order chi connectivity index (χ0) is 9.40. The molecule has 0 aliphatic heterocycles. The Bertz CT molecular complexity index is 209. The highest BCUT2D eigenvalue weighted by Gasteiger charge is 1.93. The molecule has 0 aromatic carbocycles. The third kappa shape index (κ3) is 3.81. The molecule has 0 saturated heterocycles. The number of rotatable bonds is 5. The van der Waals surface area contributed by atoms with Crippen molar-refractivity contribution in [2.75, 3.05) is 6.61 Å². The fraction of sp³-hybridized carbons (Fsp3) is 0.273. The monoisotopic (exact) mass is 164 g/mol.